The van der Waals surface area contributed by atoms with Crippen LogP contribution in [0.15, 0.2) is 60.7 Å². The summed E-state index contributed by atoms with van der Waals surface area (Å²) in [7, 11) is -3.45. The van der Waals surface area contributed by atoms with E-state index in [0.29, 0.717) is 0 Å². The van der Waals surface area contributed by atoms with Crippen molar-refractivity contribution in [3.63, 3.8) is 0 Å². The predicted molar refractivity (Wildman–Crippen MR) is 83.4 cm³/mol. The number of aliphatic hydroxyl groups is 1. The van der Waals surface area contributed by atoms with Gasteiger partial charge in [-0.05, 0) is 11.1 Å². The molecule has 112 valence electrons. The van der Waals surface area contributed by atoms with Gasteiger partial charge in [0.15, 0.2) is 0 Å². The predicted octanol–water partition coefficient (Wildman–Crippen LogP) is 2.03. The van der Waals surface area contributed by atoms with Crippen molar-refractivity contribution in [3.8, 4) is 0 Å². The molecule has 2 rings (SSSR count). The van der Waals surface area contributed by atoms with Gasteiger partial charge in [-0.25, -0.2) is 8.42 Å². The average Bonchev–Trinajstić information content (AvgIpc) is 2.48. The Kier molecular flexibility index (Phi) is 5.12. The van der Waals surface area contributed by atoms with Crippen LogP contribution >= 0.6 is 0 Å². The molecule has 2 aromatic rings. The molecule has 0 aliphatic rings. The first-order chi connectivity index (χ1) is 10.0. The van der Waals surface area contributed by atoms with E-state index in [2.05, 4.69) is 0 Å². The summed E-state index contributed by atoms with van der Waals surface area (Å²) in [5, 5.41) is 9.24. The third-order valence-corrected chi connectivity index (χ3v) is 4.51. The zero-order chi connectivity index (χ0) is 15.3. The average molecular weight is 305 g/mol. The molecule has 0 bridgehead atoms. The van der Waals surface area contributed by atoms with Gasteiger partial charge in [-0.2, -0.15) is 4.31 Å². The summed E-state index contributed by atoms with van der Waals surface area (Å²) in [5.41, 5.74) is 1.75. The van der Waals surface area contributed by atoms with Crippen LogP contribution in [0.2, 0.25) is 0 Å². The molecule has 4 nitrogen and oxygen atoms in total. The zero-order valence-electron chi connectivity index (χ0n) is 11.9. The van der Waals surface area contributed by atoms with Gasteiger partial charge in [0.25, 0.3) is 0 Å². The van der Waals surface area contributed by atoms with Crippen molar-refractivity contribution in [3.05, 3.63) is 71.8 Å². The number of aliphatic hydroxyl groups excluding tert-OH is 1. The van der Waals surface area contributed by atoms with Crippen LogP contribution in [0.3, 0.4) is 0 Å². The number of benzene rings is 2. The maximum atomic E-state index is 12.1. The Balaban J connectivity index is 2.55. The Morgan fingerprint density at radius 1 is 0.952 bits per heavy atom. The second kappa shape index (κ2) is 6.85. The molecule has 0 fully saturated rings. The summed E-state index contributed by atoms with van der Waals surface area (Å²) in [6.45, 7) is -0.156. The highest BCUT2D eigenvalue weighted by molar-refractivity contribution is 7.88. The van der Waals surface area contributed by atoms with Gasteiger partial charge in [0.2, 0.25) is 10.0 Å². The van der Waals surface area contributed by atoms with Gasteiger partial charge in [-0.3, -0.25) is 0 Å². The van der Waals surface area contributed by atoms with E-state index in [1.165, 1.54) is 10.6 Å². The summed E-state index contributed by atoms with van der Waals surface area (Å²) >= 11 is 0. The van der Waals surface area contributed by atoms with E-state index in [4.69, 9.17) is 0 Å². The van der Waals surface area contributed by atoms with Crippen LogP contribution < -0.4 is 0 Å². The third-order valence-electron chi connectivity index (χ3n) is 3.26. The van der Waals surface area contributed by atoms with E-state index >= 15 is 0 Å². The van der Waals surface area contributed by atoms with Crippen molar-refractivity contribution in [2.24, 2.45) is 0 Å². The van der Waals surface area contributed by atoms with E-state index in [1.807, 2.05) is 60.7 Å². The smallest absolute Gasteiger partial charge is 0.212 e. The number of nitrogens with zero attached hydrogens (tertiary/aromatic N) is 1. The molecule has 0 aliphatic carbocycles. The first-order valence-electron chi connectivity index (χ1n) is 6.71. The molecule has 0 saturated carbocycles. The second-order valence-corrected chi connectivity index (χ2v) is 6.76. The van der Waals surface area contributed by atoms with Crippen LogP contribution in [0.4, 0.5) is 0 Å². The fourth-order valence-electron chi connectivity index (χ4n) is 2.38. The Hall–Kier alpha value is -1.69. The maximum absolute atomic E-state index is 12.1. The van der Waals surface area contributed by atoms with E-state index in [9.17, 15) is 13.5 Å². The lowest BCUT2D eigenvalue weighted by molar-refractivity contribution is 0.238. The molecule has 0 aliphatic heterocycles. The van der Waals surface area contributed by atoms with Crippen LogP contribution in [0.1, 0.15) is 17.2 Å². The molecular formula is C16H19NO3S. The zero-order valence-corrected chi connectivity index (χ0v) is 12.7. The highest BCUT2D eigenvalue weighted by Gasteiger charge is 2.28. The van der Waals surface area contributed by atoms with E-state index in [1.54, 1.807) is 0 Å². The molecule has 21 heavy (non-hydrogen) atoms. The molecular weight excluding hydrogens is 286 g/mol. The van der Waals surface area contributed by atoms with E-state index in [-0.39, 0.29) is 13.2 Å². The SMILES string of the molecule is CS(=O)(=O)N(CCO)C(c1ccccc1)c1ccccc1. The molecule has 5 heteroatoms. The Morgan fingerprint density at radius 2 is 1.38 bits per heavy atom. The lowest BCUT2D eigenvalue weighted by Gasteiger charge is -2.30. The minimum absolute atomic E-state index is 0.0628. The van der Waals surface area contributed by atoms with Crippen LogP contribution in [-0.2, 0) is 10.0 Å². The van der Waals surface area contributed by atoms with Crippen LogP contribution in [0.25, 0.3) is 0 Å². The largest absolute Gasteiger partial charge is 0.395 e. The summed E-state index contributed by atoms with van der Waals surface area (Å²) in [6.07, 6.45) is 1.17. The molecule has 0 spiro atoms. The minimum atomic E-state index is -3.45. The molecule has 0 heterocycles. The second-order valence-electron chi connectivity index (χ2n) is 4.82. The standard InChI is InChI=1S/C16H19NO3S/c1-21(19,20)17(12-13-18)16(14-8-4-2-5-9-14)15-10-6-3-7-11-15/h2-11,16,18H,12-13H2,1H3. The monoisotopic (exact) mass is 305 g/mol. The highest BCUT2D eigenvalue weighted by atomic mass is 32.2. The fraction of sp³-hybridized carbons (Fsp3) is 0.250. The van der Waals surface area contributed by atoms with Crippen molar-refractivity contribution in [1.29, 1.82) is 0 Å². The van der Waals surface area contributed by atoms with E-state index < -0.39 is 16.1 Å². The molecule has 2 aromatic carbocycles. The van der Waals surface area contributed by atoms with Crippen LogP contribution in [0.5, 0.6) is 0 Å². The number of hydrogen-bond acceptors (Lipinski definition) is 3. The Bertz CT molecular complexity index is 617. The van der Waals surface area contributed by atoms with Gasteiger partial charge < -0.3 is 5.11 Å². The van der Waals surface area contributed by atoms with Gasteiger partial charge in [0, 0.05) is 6.54 Å². The lowest BCUT2D eigenvalue weighted by Crippen LogP contribution is -2.36. The maximum Gasteiger partial charge on any atom is 0.212 e. The molecule has 0 radical (unpaired) electrons. The van der Waals surface area contributed by atoms with Crippen LogP contribution in [0, 0.1) is 0 Å². The minimum Gasteiger partial charge on any atom is -0.395 e. The first kappa shape index (κ1) is 15.7. The summed E-state index contributed by atoms with van der Waals surface area (Å²) in [4.78, 5) is 0. The van der Waals surface area contributed by atoms with Gasteiger partial charge >= 0.3 is 0 Å². The first-order valence-corrected chi connectivity index (χ1v) is 8.56. The molecule has 0 saturated heterocycles. The Morgan fingerprint density at radius 3 is 1.71 bits per heavy atom. The van der Waals surface area contributed by atoms with Crippen molar-refractivity contribution >= 4 is 10.0 Å². The van der Waals surface area contributed by atoms with Crippen molar-refractivity contribution in [2.75, 3.05) is 19.4 Å². The van der Waals surface area contributed by atoms with Crippen molar-refractivity contribution in [2.45, 2.75) is 6.04 Å². The summed E-state index contributed by atoms with van der Waals surface area (Å²) in [6, 6.07) is 18.4. The topological polar surface area (TPSA) is 57.6 Å². The molecule has 0 atom stereocenters. The highest BCUT2D eigenvalue weighted by Crippen LogP contribution is 2.30. The summed E-state index contributed by atoms with van der Waals surface area (Å²) in [5.74, 6) is 0. The van der Waals surface area contributed by atoms with Crippen LogP contribution in [-0.4, -0.2) is 37.2 Å². The number of rotatable bonds is 6. The van der Waals surface area contributed by atoms with Gasteiger partial charge in [0.1, 0.15) is 0 Å². The summed E-state index contributed by atoms with van der Waals surface area (Å²) < 4.78 is 25.6. The number of hydrogen-bond donors (Lipinski definition) is 1. The molecule has 0 unspecified atom stereocenters. The fourth-order valence-corrected chi connectivity index (χ4v) is 3.42. The van der Waals surface area contributed by atoms with Gasteiger partial charge in [-0.1, -0.05) is 60.7 Å². The van der Waals surface area contributed by atoms with Gasteiger partial charge in [-0.15, -0.1) is 0 Å². The Labute approximate surface area is 125 Å². The molecule has 1 N–H and O–H groups in total. The number of sulfonamides is 1. The normalized spacial score (nSPS) is 12.0. The van der Waals surface area contributed by atoms with Crippen molar-refractivity contribution < 1.29 is 13.5 Å². The third kappa shape index (κ3) is 3.91. The quantitative estimate of drug-likeness (QED) is 0.888. The lowest BCUT2D eigenvalue weighted by atomic mass is 9.99. The van der Waals surface area contributed by atoms with Crippen molar-refractivity contribution in [1.82, 2.24) is 4.31 Å². The molecule has 0 aromatic heterocycles. The van der Waals surface area contributed by atoms with E-state index in [0.717, 1.165) is 11.1 Å². The van der Waals surface area contributed by atoms with Gasteiger partial charge in [0.05, 0.1) is 18.9 Å². The molecule has 0 amide bonds.